The first-order valence-electron chi connectivity index (χ1n) is 12.3. The second kappa shape index (κ2) is 12.2. The molecule has 0 heterocycles. The highest BCUT2D eigenvalue weighted by molar-refractivity contribution is 7.87. The maximum atomic E-state index is 12.5. The van der Waals surface area contributed by atoms with Crippen LogP contribution in [0.15, 0.2) is 82.1 Å². The van der Waals surface area contributed by atoms with Crippen LogP contribution in [-0.2, 0) is 24.5 Å². The van der Waals surface area contributed by atoms with Crippen molar-refractivity contribution in [2.75, 3.05) is 31.1 Å². The summed E-state index contributed by atoms with van der Waals surface area (Å²) >= 11 is 0. The molecule has 2 aromatic rings. The summed E-state index contributed by atoms with van der Waals surface area (Å²) in [5.74, 6) is 4.89. The molecular formula is C27H34N3O6S2+. The van der Waals surface area contributed by atoms with Gasteiger partial charge in [-0.25, -0.2) is 4.58 Å². The largest absolute Gasteiger partial charge is 0.372 e. The maximum Gasteiger partial charge on any atom is 0.312 e. The van der Waals surface area contributed by atoms with Crippen molar-refractivity contribution in [3.05, 3.63) is 83.5 Å². The number of hydrogen-bond donors (Lipinski definition) is 2. The molecule has 0 atom stereocenters. The van der Waals surface area contributed by atoms with Gasteiger partial charge in [0.05, 0.1) is 4.90 Å². The van der Waals surface area contributed by atoms with Gasteiger partial charge in [0.25, 0.3) is 10.1 Å². The number of nitrogens with two attached hydrogens (primary N) is 1. The lowest BCUT2D eigenvalue weighted by molar-refractivity contribution is -0.519. The lowest BCUT2D eigenvalue weighted by atomic mass is 9.90. The minimum absolute atomic E-state index is 0.134. The molecule has 3 N–H and O–H groups in total. The number of anilines is 1. The van der Waals surface area contributed by atoms with Crippen molar-refractivity contribution in [2.24, 2.45) is 5.90 Å². The summed E-state index contributed by atoms with van der Waals surface area (Å²) in [5, 5.41) is 0. The van der Waals surface area contributed by atoms with E-state index in [4.69, 9.17) is 5.90 Å². The molecule has 0 amide bonds. The second-order valence-electron chi connectivity index (χ2n) is 8.50. The molecule has 3 rings (SSSR count). The summed E-state index contributed by atoms with van der Waals surface area (Å²) in [6.45, 7) is 11.5. The average Bonchev–Trinajstić information content (AvgIpc) is 2.91. The molecule has 0 saturated heterocycles. The zero-order valence-corrected chi connectivity index (χ0v) is 23.6. The molecule has 9 nitrogen and oxygen atoms in total. The summed E-state index contributed by atoms with van der Waals surface area (Å²) in [6, 6.07) is 11.0. The number of nitrogens with zero attached hydrogens (tertiary/aromatic N) is 2. The van der Waals surface area contributed by atoms with E-state index in [1.54, 1.807) is 0 Å². The molecule has 0 aromatic heterocycles. The van der Waals surface area contributed by atoms with Crippen molar-refractivity contribution in [1.82, 2.24) is 0 Å². The van der Waals surface area contributed by atoms with Crippen LogP contribution in [0.2, 0.25) is 0 Å². The first-order chi connectivity index (χ1) is 18.0. The van der Waals surface area contributed by atoms with Crippen LogP contribution in [-0.4, -0.2) is 57.9 Å². The Morgan fingerprint density at radius 1 is 0.895 bits per heavy atom. The van der Waals surface area contributed by atoms with Crippen LogP contribution in [0.4, 0.5) is 5.69 Å². The molecule has 0 radical (unpaired) electrons. The molecule has 2 aromatic carbocycles. The van der Waals surface area contributed by atoms with Gasteiger partial charge in [-0.3, -0.25) is 4.55 Å². The highest BCUT2D eigenvalue weighted by Crippen LogP contribution is 2.36. The van der Waals surface area contributed by atoms with E-state index in [1.807, 2.05) is 48.6 Å². The molecular weight excluding hydrogens is 526 g/mol. The van der Waals surface area contributed by atoms with Gasteiger partial charge in [0.15, 0.2) is 5.71 Å². The van der Waals surface area contributed by atoms with Crippen molar-refractivity contribution in [2.45, 2.75) is 37.5 Å². The minimum Gasteiger partial charge on any atom is -0.372 e. The van der Waals surface area contributed by atoms with Crippen LogP contribution in [0.3, 0.4) is 0 Å². The Hall–Kier alpha value is -3.09. The van der Waals surface area contributed by atoms with Crippen molar-refractivity contribution in [3.8, 4) is 0 Å². The van der Waals surface area contributed by atoms with Gasteiger partial charge in [0.2, 0.25) is 0 Å². The van der Waals surface area contributed by atoms with E-state index >= 15 is 0 Å². The van der Waals surface area contributed by atoms with Gasteiger partial charge in [0, 0.05) is 36.5 Å². The number of allylic oxidation sites excluding steroid dienone is 5. The lowest BCUT2D eigenvalue weighted by Gasteiger charge is -2.22. The van der Waals surface area contributed by atoms with Gasteiger partial charge >= 0.3 is 10.1 Å². The zero-order chi connectivity index (χ0) is 28.1. The highest BCUT2D eigenvalue weighted by atomic mass is 32.2. The van der Waals surface area contributed by atoms with Crippen LogP contribution in [0.1, 0.15) is 38.8 Å². The summed E-state index contributed by atoms with van der Waals surface area (Å²) in [5.41, 5.74) is 4.03. The molecule has 0 spiro atoms. The van der Waals surface area contributed by atoms with Crippen molar-refractivity contribution < 1.29 is 30.2 Å². The molecule has 204 valence electrons. The second-order valence-corrected chi connectivity index (χ2v) is 11.5. The van der Waals surface area contributed by atoms with Gasteiger partial charge in [-0.2, -0.15) is 27.0 Å². The third-order valence-corrected chi connectivity index (χ3v) is 8.46. The fraction of sp³-hybridized carbons (Fsp3) is 0.296. The first-order valence-corrected chi connectivity index (χ1v) is 15.2. The van der Waals surface area contributed by atoms with Gasteiger partial charge < -0.3 is 4.90 Å². The molecule has 0 unspecified atom stereocenters. The van der Waals surface area contributed by atoms with Gasteiger partial charge in [-0.05, 0) is 80.8 Å². The topological polar surface area (TPSA) is 130 Å². The molecule has 1 aliphatic carbocycles. The van der Waals surface area contributed by atoms with Gasteiger partial charge in [0.1, 0.15) is 18.0 Å². The van der Waals surface area contributed by atoms with E-state index in [-0.39, 0.29) is 5.56 Å². The van der Waals surface area contributed by atoms with Gasteiger partial charge in [-0.15, -0.1) is 0 Å². The van der Waals surface area contributed by atoms with Gasteiger partial charge in [-0.1, -0.05) is 18.2 Å². The van der Waals surface area contributed by atoms with E-state index in [0.717, 1.165) is 43.6 Å². The van der Waals surface area contributed by atoms with Crippen LogP contribution in [0.5, 0.6) is 0 Å². The monoisotopic (exact) mass is 560 g/mol. The van der Waals surface area contributed by atoms with E-state index in [0.29, 0.717) is 16.7 Å². The minimum atomic E-state index is -4.84. The Morgan fingerprint density at radius 3 is 1.95 bits per heavy atom. The van der Waals surface area contributed by atoms with Crippen molar-refractivity contribution in [1.29, 1.82) is 0 Å². The molecule has 0 bridgehead atoms. The smallest absolute Gasteiger partial charge is 0.312 e. The lowest BCUT2D eigenvalue weighted by Crippen LogP contribution is -2.21. The average molecular weight is 561 g/mol. The Bertz CT molecular complexity index is 1490. The SMILES string of the molecule is CCN(CC)c1ccc(C(=C2C=CC(=[N+](CC)CC)C=C2)c2ccc(S(=O)(=O)ON)cc2S(=O)(=O)O)cc1. The fourth-order valence-electron chi connectivity index (χ4n) is 4.47. The Balaban J connectivity index is 2.33. The molecule has 1 aliphatic rings. The predicted molar refractivity (Wildman–Crippen MR) is 149 cm³/mol. The standard InChI is InChI=1S/C27H33N3O6S2/c1-5-29(6-2)22-13-9-20(10-14-22)27(21-11-15-23(16-12-21)30(7-3)8-4)25-18-17-24(38(34,35)36-28)19-26(25)37(31,32)33/h9-19H,5-8,28H2,1-4H3/p+1. The fourth-order valence-corrected chi connectivity index (χ4v) is 5.87. The third kappa shape index (κ3) is 6.30. The Morgan fingerprint density at radius 2 is 1.47 bits per heavy atom. The molecule has 11 heteroatoms. The Kier molecular flexibility index (Phi) is 9.45. The van der Waals surface area contributed by atoms with Crippen LogP contribution < -0.4 is 10.8 Å². The molecule has 0 saturated carbocycles. The third-order valence-electron chi connectivity index (χ3n) is 6.48. The number of hydrogen-bond acceptors (Lipinski definition) is 7. The van der Waals surface area contributed by atoms with E-state index in [9.17, 15) is 21.4 Å². The molecule has 38 heavy (non-hydrogen) atoms. The summed E-state index contributed by atoms with van der Waals surface area (Å²) in [7, 11) is -9.26. The van der Waals surface area contributed by atoms with Crippen LogP contribution >= 0.6 is 0 Å². The first kappa shape index (κ1) is 29.5. The quantitative estimate of drug-likeness (QED) is 0.255. The highest BCUT2D eigenvalue weighted by Gasteiger charge is 2.26. The van der Waals surface area contributed by atoms with E-state index in [1.165, 1.54) is 12.1 Å². The zero-order valence-electron chi connectivity index (χ0n) is 22.0. The summed E-state index contributed by atoms with van der Waals surface area (Å²) in [6.07, 6.45) is 7.65. The number of benzene rings is 2. The van der Waals surface area contributed by atoms with Crippen molar-refractivity contribution >= 4 is 37.2 Å². The molecule has 0 aliphatic heterocycles. The van der Waals surface area contributed by atoms with E-state index in [2.05, 4.69) is 41.5 Å². The maximum absolute atomic E-state index is 12.5. The predicted octanol–water partition coefficient (Wildman–Crippen LogP) is 3.78. The van der Waals surface area contributed by atoms with E-state index < -0.39 is 30.0 Å². The van der Waals surface area contributed by atoms with Crippen LogP contribution in [0.25, 0.3) is 5.57 Å². The van der Waals surface area contributed by atoms with Crippen molar-refractivity contribution in [3.63, 3.8) is 0 Å². The number of rotatable bonds is 10. The summed E-state index contributed by atoms with van der Waals surface area (Å²) < 4.78 is 65.7. The van der Waals surface area contributed by atoms with Crippen LogP contribution in [0, 0.1) is 0 Å². The normalized spacial score (nSPS) is 13.6. The summed E-state index contributed by atoms with van der Waals surface area (Å²) in [4.78, 5) is 1.11. The Labute approximate surface area is 225 Å². The molecule has 0 fully saturated rings.